The van der Waals surface area contributed by atoms with E-state index in [4.69, 9.17) is 15.7 Å². The molecular weight excluding hydrogens is 243 g/mol. The van der Waals surface area contributed by atoms with Gasteiger partial charge in [-0.15, -0.1) is 0 Å². The number of rotatable bonds is 3. The maximum absolute atomic E-state index is 13.4. The highest BCUT2D eigenvalue weighted by molar-refractivity contribution is 5.46. The van der Waals surface area contributed by atoms with E-state index in [1.165, 1.54) is 12.1 Å². The summed E-state index contributed by atoms with van der Waals surface area (Å²) in [5.74, 6) is 0.148. The molecule has 2 aromatic rings. The molecule has 0 fully saturated rings. The highest BCUT2D eigenvalue weighted by Crippen LogP contribution is 2.27. The van der Waals surface area contributed by atoms with Crippen LogP contribution in [0.4, 0.5) is 4.39 Å². The van der Waals surface area contributed by atoms with E-state index in [9.17, 15) is 4.39 Å². The molecule has 0 aliphatic heterocycles. The molecule has 4 heteroatoms. The number of ether oxygens (including phenoxy) is 1. The average molecular weight is 256 g/mol. The van der Waals surface area contributed by atoms with Crippen LogP contribution in [0.15, 0.2) is 42.5 Å². The van der Waals surface area contributed by atoms with Crippen LogP contribution in [0.2, 0.25) is 0 Å². The van der Waals surface area contributed by atoms with E-state index in [0.717, 1.165) is 5.56 Å². The van der Waals surface area contributed by atoms with E-state index in [1.807, 2.05) is 19.1 Å². The predicted octanol–water partition coefficient (Wildman–Crippen LogP) is 3.51. The van der Waals surface area contributed by atoms with Crippen LogP contribution in [-0.4, -0.2) is 0 Å². The first-order valence-corrected chi connectivity index (χ1v) is 5.84. The fourth-order valence-corrected chi connectivity index (χ4v) is 1.66. The Morgan fingerprint density at radius 2 is 1.89 bits per heavy atom. The van der Waals surface area contributed by atoms with Crippen molar-refractivity contribution in [2.75, 3.05) is 0 Å². The Morgan fingerprint density at radius 3 is 2.47 bits per heavy atom. The topological polar surface area (TPSA) is 59.0 Å². The molecule has 2 N–H and O–H groups in total. The molecule has 0 spiro atoms. The zero-order valence-corrected chi connectivity index (χ0v) is 10.4. The molecule has 96 valence electrons. The highest BCUT2D eigenvalue weighted by Gasteiger charge is 2.09. The zero-order valence-electron chi connectivity index (χ0n) is 10.4. The van der Waals surface area contributed by atoms with Crippen molar-refractivity contribution in [2.45, 2.75) is 13.0 Å². The van der Waals surface area contributed by atoms with Gasteiger partial charge in [0.2, 0.25) is 0 Å². The van der Waals surface area contributed by atoms with Crippen molar-refractivity contribution >= 4 is 0 Å². The molecule has 0 aliphatic rings. The normalized spacial score (nSPS) is 11.7. The molecule has 2 aromatic carbocycles. The number of nitrogens with two attached hydrogens (primary N) is 1. The van der Waals surface area contributed by atoms with E-state index in [1.54, 1.807) is 24.3 Å². The van der Waals surface area contributed by atoms with Crippen LogP contribution in [-0.2, 0) is 0 Å². The number of benzene rings is 2. The molecule has 0 amide bonds. The van der Waals surface area contributed by atoms with Crippen LogP contribution in [0.5, 0.6) is 11.5 Å². The molecule has 0 heterocycles. The van der Waals surface area contributed by atoms with Gasteiger partial charge >= 0.3 is 0 Å². The maximum atomic E-state index is 13.4. The maximum Gasteiger partial charge on any atom is 0.148 e. The molecule has 0 radical (unpaired) electrons. The minimum atomic E-state index is -0.591. The van der Waals surface area contributed by atoms with E-state index in [-0.39, 0.29) is 17.4 Å². The summed E-state index contributed by atoms with van der Waals surface area (Å²) in [6.07, 6.45) is 0. The summed E-state index contributed by atoms with van der Waals surface area (Å²) in [4.78, 5) is 0. The van der Waals surface area contributed by atoms with Crippen molar-refractivity contribution < 1.29 is 9.13 Å². The van der Waals surface area contributed by atoms with Gasteiger partial charge in [-0.3, -0.25) is 0 Å². The molecule has 19 heavy (non-hydrogen) atoms. The minimum absolute atomic E-state index is 0.0575. The number of nitrogens with zero attached hydrogens (tertiary/aromatic N) is 1. The third kappa shape index (κ3) is 2.90. The third-order valence-electron chi connectivity index (χ3n) is 2.72. The molecular formula is C15H13FN2O. The van der Waals surface area contributed by atoms with Crippen LogP contribution in [0.1, 0.15) is 24.1 Å². The van der Waals surface area contributed by atoms with Crippen LogP contribution in [0.3, 0.4) is 0 Å². The summed E-state index contributed by atoms with van der Waals surface area (Å²) in [7, 11) is 0. The highest BCUT2D eigenvalue weighted by atomic mass is 19.1. The first-order chi connectivity index (χ1) is 9.11. The van der Waals surface area contributed by atoms with Crippen LogP contribution in [0.25, 0.3) is 0 Å². The van der Waals surface area contributed by atoms with Gasteiger partial charge in [-0.05, 0) is 36.8 Å². The van der Waals surface area contributed by atoms with E-state index in [2.05, 4.69) is 0 Å². The Hall–Kier alpha value is -2.38. The Morgan fingerprint density at radius 1 is 1.21 bits per heavy atom. The second-order valence-corrected chi connectivity index (χ2v) is 4.18. The third-order valence-corrected chi connectivity index (χ3v) is 2.72. The Balaban J connectivity index is 2.27. The van der Waals surface area contributed by atoms with Crippen molar-refractivity contribution in [1.82, 2.24) is 0 Å². The lowest BCUT2D eigenvalue weighted by Crippen LogP contribution is -2.04. The number of hydrogen-bond donors (Lipinski definition) is 1. The van der Waals surface area contributed by atoms with Crippen molar-refractivity contribution in [1.29, 1.82) is 5.26 Å². The lowest BCUT2D eigenvalue weighted by atomic mass is 10.1. The largest absolute Gasteiger partial charge is 0.456 e. The van der Waals surface area contributed by atoms with Gasteiger partial charge in [0, 0.05) is 6.04 Å². The first kappa shape index (κ1) is 13.1. The van der Waals surface area contributed by atoms with Crippen LogP contribution >= 0.6 is 0 Å². The predicted molar refractivity (Wildman–Crippen MR) is 70.2 cm³/mol. The zero-order chi connectivity index (χ0) is 13.8. The van der Waals surface area contributed by atoms with Crippen LogP contribution < -0.4 is 10.5 Å². The number of hydrogen-bond acceptors (Lipinski definition) is 3. The average Bonchev–Trinajstić information content (AvgIpc) is 2.39. The summed E-state index contributed by atoms with van der Waals surface area (Å²) >= 11 is 0. The quantitative estimate of drug-likeness (QED) is 0.914. The van der Waals surface area contributed by atoms with E-state index < -0.39 is 5.82 Å². The van der Waals surface area contributed by atoms with E-state index in [0.29, 0.717) is 5.75 Å². The van der Waals surface area contributed by atoms with Crippen molar-refractivity contribution in [3.8, 4) is 17.6 Å². The van der Waals surface area contributed by atoms with Gasteiger partial charge in [-0.2, -0.15) is 5.26 Å². The Labute approximate surface area is 111 Å². The molecule has 0 unspecified atom stereocenters. The second kappa shape index (κ2) is 5.51. The summed E-state index contributed by atoms with van der Waals surface area (Å²) in [5, 5.41) is 8.91. The first-order valence-electron chi connectivity index (χ1n) is 5.84. The number of halogens is 1. The summed E-state index contributed by atoms with van der Waals surface area (Å²) < 4.78 is 18.9. The minimum Gasteiger partial charge on any atom is -0.456 e. The Kier molecular flexibility index (Phi) is 3.79. The summed E-state index contributed by atoms with van der Waals surface area (Å²) in [5.41, 5.74) is 6.63. The fourth-order valence-electron chi connectivity index (χ4n) is 1.66. The second-order valence-electron chi connectivity index (χ2n) is 4.18. The van der Waals surface area contributed by atoms with Crippen molar-refractivity contribution in [3.63, 3.8) is 0 Å². The SMILES string of the molecule is C[C@H](N)c1ccc(Oc2cccc(F)c2C#N)cc1. The Bertz CT molecular complexity index is 615. The fraction of sp³-hybridized carbons (Fsp3) is 0.133. The van der Waals surface area contributed by atoms with Crippen molar-refractivity contribution in [2.24, 2.45) is 5.73 Å². The summed E-state index contributed by atoms with van der Waals surface area (Å²) in [6, 6.07) is 13.2. The van der Waals surface area contributed by atoms with E-state index >= 15 is 0 Å². The summed E-state index contributed by atoms with van der Waals surface area (Å²) in [6.45, 7) is 1.89. The molecule has 0 saturated heterocycles. The molecule has 0 aliphatic carbocycles. The lowest BCUT2D eigenvalue weighted by molar-refractivity contribution is 0.474. The molecule has 0 aromatic heterocycles. The van der Waals surface area contributed by atoms with Gasteiger partial charge in [-0.25, -0.2) is 4.39 Å². The van der Waals surface area contributed by atoms with Crippen LogP contribution in [0, 0.1) is 17.1 Å². The lowest BCUT2D eigenvalue weighted by Gasteiger charge is -2.09. The monoisotopic (exact) mass is 256 g/mol. The number of nitriles is 1. The molecule has 2 rings (SSSR count). The smallest absolute Gasteiger partial charge is 0.148 e. The molecule has 1 atom stereocenters. The van der Waals surface area contributed by atoms with Gasteiger partial charge in [0.25, 0.3) is 0 Å². The van der Waals surface area contributed by atoms with Gasteiger partial charge < -0.3 is 10.5 Å². The van der Waals surface area contributed by atoms with Gasteiger partial charge in [0.15, 0.2) is 0 Å². The molecule has 0 saturated carbocycles. The molecule has 3 nitrogen and oxygen atoms in total. The van der Waals surface area contributed by atoms with Gasteiger partial charge in [0.05, 0.1) is 0 Å². The van der Waals surface area contributed by atoms with Crippen molar-refractivity contribution in [3.05, 3.63) is 59.4 Å². The van der Waals surface area contributed by atoms with Gasteiger partial charge in [0.1, 0.15) is 28.9 Å². The molecule has 0 bridgehead atoms. The standard InChI is InChI=1S/C15H13FN2O/c1-10(18)11-5-7-12(8-6-11)19-15-4-2-3-14(16)13(15)9-17/h2-8,10H,18H2,1H3/t10-/m0/s1. The van der Waals surface area contributed by atoms with Gasteiger partial charge in [-0.1, -0.05) is 18.2 Å².